The first-order valence-electron chi connectivity index (χ1n) is 5.93. The zero-order valence-electron chi connectivity index (χ0n) is 9.76. The second-order valence-electron chi connectivity index (χ2n) is 4.55. The molecule has 0 bridgehead atoms. The van der Waals surface area contributed by atoms with Crippen LogP contribution in [-0.4, -0.2) is 17.3 Å². The van der Waals surface area contributed by atoms with Gasteiger partial charge in [-0.25, -0.2) is 4.39 Å². The molecule has 2 nitrogen and oxygen atoms in total. The van der Waals surface area contributed by atoms with Crippen LogP contribution in [0.4, 0.5) is 4.39 Å². The first-order chi connectivity index (χ1) is 8.61. The molecule has 0 aliphatic heterocycles. The minimum atomic E-state index is -0.576. The lowest BCUT2D eigenvalue weighted by Crippen LogP contribution is -2.38. The molecule has 1 aromatic rings. The van der Waals surface area contributed by atoms with Gasteiger partial charge in [-0.2, -0.15) is 0 Å². The molecule has 1 N–H and O–H groups in total. The number of carbonyl (C=O) groups excluding carboxylic acids is 1. The number of carbonyl (C=O) groups is 1. The number of rotatable bonds is 3. The molecule has 0 saturated heterocycles. The first-order valence-corrected chi connectivity index (χ1v) is 7.43. The maximum atomic E-state index is 13.6. The lowest BCUT2D eigenvalue weighted by atomic mass is 10.1. The number of hydrogen-bond donors (Lipinski definition) is 1. The molecule has 1 fully saturated rings. The summed E-state index contributed by atoms with van der Waals surface area (Å²) in [7, 11) is 0. The summed E-state index contributed by atoms with van der Waals surface area (Å²) in [6, 6.07) is 4.24. The van der Waals surface area contributed by atoms with E-state index in [2.05, 4.69) is 21.2 Å². The van der Waals surface area contributed by atoms with Gasteiger partial charge in [-0.3, -0.25) is 4.79 Å². The Hall–Kier alpha value is -0.610. The zero-order valence-corrected chi connectivity index (χ0v) is 12.1. The van der Waals surface area contributed by atoms with Gasteiger partial charge >= 0.3 is 0 Å². The molecule has 2 rings (SSSR count). The van der Waals surface area contributed by atoms with Crippen molar-refractivity contribution in [3.63, 3.8) is 0 Å². The first kappa shape index (κ1) is 13.8. The van der Waals surface area contributed by atoms with Gasteiger partial charge in [0.15, 0.2) is 0 Å². The fourth-order valence-electron chi connectivity index (χ4n) is 2.33. The molecular formula is C13H14BrClFNO. The molecule has 1 aromatic carbocycles. The molecule has 0 spiro atoms. The van der Waals surface area contributed by atoms with Gasteiger partial charge < -0.3 is 5.32 Å². The fraction of sp³-hybridized carbons (Fsp3) is 0.462. The summed E-state index contributed by atoms with van der Waals surface area (Å²) in [6.07, 6.45) is 3.15. The maximum Gasteiger partial charge on any atom is 0.254 e. The average Bonchev–Trinajstić information content (AvgIpc) is 2.76. The molecule has 0 heterocycles. The molecule has 0 aromatic heterocycles. The van der Waals surface area contributed by atoms with Gasteiger partial charge in [0, 0.05) is 16.4 Å². The summed E-state index contributed by atoms with van der Waals surface area (Å²) in [5.41, 5.74) is 0.0552. The van der Waals surface area contributed by atoms with Gasteiger partial charge in [-0.1, -0.05) is 34.0 Å². The topological polar surface area (TPSA) is 29.1 Å². The average molecular weight is 335 g/mol. The summed E-state index contributed by atoms with van der Waals surface area (Å²) in [5.74, 6) is -0.500. The van der Waals surface area contributed by atoms with E-state index in [1.807, 2.05) is 0 Å². The van der Waals surface area contributed by atoms with E-state index in [4.69, 9.17) is 11.6 Å². The smallest absolute Gasteiger partial charge is 0.254 e. The fourth-order valence-corrected chi connectivity index (χ4v) is 3.27. The van der Waals surface area contributed by atoms with Crippen molar-refractivity contribution in [3.05, 3.63) is 34.6 Å². The number of alkyl halides is 1. The lowest BCUT2D eigenvalue weighted by Gasteiger charge is -2.19. The number of nitrogens with one attached hydrogen (secondary N) is 1. The van der Waals surface area contributed by atoms with E-state index in [1.165, 1.54) is 12.1 Å². The predicted molar refractivity (Wildman–Crippen MR) is 73.8 cm³/mol. The quantitative estimate of drug-likeness (QED) is 0.838. The molecule has 1 aliphatic rings. The van der Waals surface area contributed by atoms with Gasteiger partial charge in [0.25, 0.3) is 5.91 Å². The third-order valence-electron chi connectivity index (χ3n) is 3.35. The Bertz CT molecular complexity index is 455. The van der Waals surface area contributed by atoms with E-state index in [-0.39, 0.29) is 17.5 Å². The van der Waals surface area contributed by atoms with Gasteiger partial charge in [-0.15, -0.1) is 0 Å². The van der Waals surface area contributed by atoms with Crippen LogP contribution in [0.1, 0.15) is 29.6 Å². The van der Waals surface area contributed by atoms with Crippen molar-refractivity contribution in [1.82, 2.24) is 5.32 Å². The molecule has 2 atom stereocenters. The van der Waals surface area contributed by atoms with Crippen LogP contribution in [0.25, 0.3) is 0 Å². The zero-order chi connectivity index (χ0) is 13.1. The van der Waals surface area contributed by atoms with E-state index in [0.29, 0.717) is 10.9 Å². The van der Waals surface area contributed by atoms with Crippen LogP contribution >= 0.6 is 27.5 Å². The molecule has 5 heteroatoms. The van der Waals surface area contributed by atoms with Gasteiger partial charge in [0.2, 0.25) is 0 Å². The Kier molecular flexibility index (Phi) is 4.62. The molecule has 0 radical (unpaired) electrons. The van der Waals surface area contributed by atoms with Crippen LogP contribution in [0.5, 0.6) is 0 Å². The molecule has 2 unspecified atom stereocenters. The van der Waals surface area contributed by atoms with Crippen molar-refractivity contribution in [2.75, 3.05) is 5.33 Å². The summed E-state index contributed by atoms with van der Waals surface area (Å²) < 4.78 is 13.6. The highest BCUT2D eigenvalue weighted by Crippen LogP contribution is 2.27. The molecule has 18 heavy (non-hydrogen) atoms. The minimum Gasteiger partial charge on any atom is -0.349 e. The maximum absolute atomic E-state index is 13.6. The Morgan fingerprint density at radius 3 is 2.94 bits per heavy atom. The lowest BCUT2D eigenvalue weighted by molar-refractivity contribution is 0.0926. The van der Waals surface area contributed by atoms with Gasteiger partial charge in [0.1, 0.15) is 5.82 Å². The van der Waals surface area contributed by atoms with Crippen LogP contribution in [0, 0.1) is 11.7 Å². The van der Waals surface area contributed by atoms with Gasteiger partial charge in [-0.05, 0) is 37.0 Å². The van der Waals surface area contributed by atoms with E-state index < -0.39 is 5.82 Å². The van der Waals surface area contributed by atoms with E-state index in [9.17, 15) is 9.18 Å². The minimum absolute atomic E-state index is 0.0552. The highest BCUT2D eigenvalue weighted by molar-refractivity contribution is 9.09. The molecular weight excluding hydrogens is 321 g/mol. The van der Waals surface area contributed by atoms with E-state index in [0.717, 1.165) is 30.7 Å². The van der Waals surface area contributed by atoms with Crippen LogP contribution in [-0.2, 0) is 0 Å². The Balaban J connectivity index is 2.07. The van der Waals surface area contributed by atoms with Crippen molar-refractivity contribution >= 4 is 33.4 Å². The second kappa shape index (κ2) is 6.02. The molecule has 1 aliphatic carbocycles. The Morgan fingerprint density at radius 2 is 2.28 bits per heavy atom. The highest BCUT2D eigenvalue weighted by Gasteiger charge is 2.28. The van der Waals surface area contributed by atoms with Crippen molar-refractivity contribution in [2.45, 2.75) is 25.3 Å². The van der Waals surface area contributed by atoms with E-state index >= 15 is 0 Å². The molecule has 1 saturated carbocycles. The van der Waals surface area contributed by atoms with Crippen molar-refractivity contribution < 1.29 is 9.18 Å². The van der Waals surface area contributed by atoms with Crippen LogP contribution in [0.2, 0.25) is 5.02 Å². The van der Waals surface area contributed by atoms with Crippen LogP contribution in [0.15, 0.2) is 18.2 Å². The van der Waals surface area contributed by atoms with Crippen LogP contribution in [0.3, 0.4) is 0 Å². The number of amides is 1. The second-order valence-corrected chi connectivity index (χ2v) is 5.63. The summed E-state index contributed by atoms with van der Waals surface area (Å²) >= 11 is 9.10. The standard InChI is InChI=1S/C13H14BrClFNO/c14-7-8-2-1-3-12(8)17-13(18)10-5-4-9(15)6-11(10)16/h4-6,8,12H,1-3,7H2,(H,17,18). The summed E-state index contributed by atoms with van der Waals surface area (Å²) in [6.45, 7) is 0. The Morgan fingerprint density at radius 1 is 1.50 bits per heavy atom. The van der Waals surface area contributed by atoms with Crippen molar-refractivity contribution in [1.29, 1.82) is 0 Å². The third-order valence-corrected chi connectivity index (χ3v) is 4.42. The highest BCUT2D eigenvalue weighted by atomic mass is 79.9. The van der Waals surface area contributed by atoms with Crippen LogP contribution < -0.4 is 5.32 Å². The number of halogens is 3. The number of benzene rings is 1. The molecule has 1 amide bonds. The Labute approximate surface area is 119 Å². The van der Waals surface area contributed by atoms with E-state index in [1.54, 1.807) is 0 Å². The third kappa shape index (κ3) is 3.04. The normalized spacial score (nSPS) is 23.1. The molecule has 98 valence electrons. The number of hydrogen-bond acceptors (Lipinski definition) is 1. The SMILES string of the molecule is O=C(NC1CCCC1CBr)c1ccc(Cl)cc1F. The predicted octanol–water partition coefficient (Wildman–Crippen LogP) is 3.77. The van der Waals surface area contributed by atoms with Crippen molar-refractivity contribution in [2.24, 2.45) is 5.92 Å². The van der Waals surface area contributed by atoms with Gasteiger partial charge in [0.05, 0.1) is 5.56 Å². The summed E-state index contributed by atoms with van der Waals surface area (Å²) in [5, 5.41) is 4.06. The summed E-state index contributed by atoms with van der Waals surface area (Å²) in [4.78, 5) is 12.0. The monoisotopic (exact) mass is 333 g/mol. The van der Waals surface area contributed by atoms with Crippen molar-refractivity contribution in [3.8, 4) is 0 Å². The largest absolute Gasteiger partial charge is 0.349 e.